The molecule has 4 aromatic rings. The van der Waals surface area contributed by atoms with Crippen LogP contribution < -0.4 is 0 Å². The maximum Gasteiger partial charge on any atom is 0.347 e. The number of fused-ring (bicyclic) bond motifs is 2. The van der Waals surface area contributed by atoms with Gasteiger partial charge in [-0.05, 0) is 88.0 Å². The average molecular weight is 906 g/mol. The summed E-state index contributed by atoms with van der Waals surface area (Å²) in [6, 6.07) is 3.10. The number of hydrogen-bond donors (Lipinski definition) is 6. The molecule has 0 bridgehead atoms. The molecule has 0 unspecified atom stereocenters. The van der Waals surface area contributed by atoms with Gasteiger partial charge < -0.3 is 35.4 Å². The molecule has 4 aromatic carbocycles. The number of carbonyl (C=O) groups is 8. The molecule has 0 fully saturated rings. The average Bonchev–Trinajstić information content (AvgIpc) is 2.94. The molecule has 0 saturated heterocycles. The monoisotopic (exact) mass is 902 g/mol. The number of benzene rings is 4. The number of rotatable bonds is 8. The quantitative estimate of drug-likeness (QED) is 0.0845. The smallest absolute Gasteiger partial charge is 0.347 e. The Balaban J connectivity index is 2.10. The molecule has 0 aliphatic heterocycles. The van der Waals surface area contributed by atoms with Crippen LogP contribution in [-0.4, -0.2) is 78.4 Å². The van der Waals surface area contributed by atoms with Gasteiger partial charge in [-0.3, -0.25) is 0 Å². The van der Waals surface area contributed by atoms with Crippen molar-refractivity contribution in [3.63, 3.8) is 0 Å². The highest BCUT2D eigenvalue weighted by Gasteiger charge is 2.34. The zero-order valence-electron chi connectivity index (χ0n) is 22.2. The van der Waals surface area contributed by atoms with Crippen molar-refractivity contribution in [3.05, 3.63) is 86.7 Å². The van der Waals surface area contributed by atoms with Crippen molar-refractivity contribution < 1.29 is 73.7 Å². The Morgan fingerprint density at radius 1 is 0.383 bits per heavy atom. The van der Waals surface area contributed by atoms with Gasteiger partial charge in [-0.1, -0.05) is 0 Å². The Bertz CT molecular complexity index is 2070. The summed E-state index contributed by atoms with van der Waals surface area (Å²) in [5, 5.41) is 56.1. The molecule has 240 valence electrons. The minimum atomic E-state index is -1.75. The number of carboxylic acids is 6. The normalized spacial score (nSPS) is 10.9. The highest BCUT2D eigenvalue weighted by molar-refractivity contribution is 9.11. The predicted octanol–water partition coefficient (Wildman–Crippen LogP) is 6.23. The van der Waals surface area contributed by atoms with Crippen LogP contribution in [0.4, 0.5) is 0 Å². The number of aromatic carboxylic acids is 6. The standard InChI is InChI=1S/C28H10Br4O15/c29-9-1-7(23(37)38)15-13(17(9)25(41)42)5(21(33)34)3-11(31)19(15)27(45)47-28(46)20-12(32)4-6(22(35)36)14-16(20)8(24(39)40)2-10(30)18(14)26(43)44/h1-4H,(H,33,34)(H,35,36)(H,37,38)(H,39,40)(H,41,42)(H,43,44). The van der Waals surface area contributed by atoms with Crippen LogP contribution in [0, 0.1) is 0 Å². The van der Waals surface area contributed by atoms with E-state index >= 15 is 0 Å². The highest BCUT2D eigenvalue weighted by Crippen LogP contribution is 2.41. The zero-order valence-corrected chi connectivity index (χ0v) is 28.5. The van der Waals surface area contributed by atoms with Crippen molar-refractivity contribution in [3.8, 4) is 0 Å². The van der Waals surface area contributed by atoms with Crippen molar-refractivity contribution in [2.24, 2.45) is 0 Å². The molecular formula is C28H10Br4O15. The summed E-state index contributed by atoms with van der Waals surface area (Å²) in [7, 11) is 0. The molecule has 0 amide bonds. The van der Waals surface area contributed by atoms with Crippen molar-refractivity contribution >= 4 is 133 Å². The SMILES string of the molecule is O=C(O)c1cc(Br)c(C(=O)OC(=O)c2c(Br)cc(C(=O)O)c3c(C(=O)O)c(Br)cc(C(=O)O)c23)c2c(C(=O)O)cc(Br)c(C(=O)O)c12. The van der Waals surface area contributed by atoms with E-state index in [1.54, 1.807) is 0 Å². The van der Waals surface area contributed by atoms with Gasteiger partial charge in [0.15, 0.2) is 0 Å². The molecule has 0 aliphatic carbocycles. The van der Waals surface area contributed by atoms with Crippen LogP contribution in [0.5, 0.6) is 0 Å². The number of ether oxygens (including phenoxy) is 1. The summed E-state index contributed by atoms with van der Waals surface area (Å²) < 4.78 is 3.33. The lowest BCUT2D eigenvalue weighted by Crippen LogP contribution is -2.19. The summed E-state index contributed by atoms with van der Waals surface area (Å²) in [6.45, 7) is 0. The van der Waals surface area contributed by atoms with Gasteiger partial charge in [0.25, 0.3) is 0 Å². The van der Waals surface area contributed by atoms with Gasteiger partial charge in [0.05, 0.1) is 44.5 Å². The molecule has 0 aliphatic rings. The first-order valence-electron chi connectivity index (χ1n) is 11.9. The van der Waals surface area contributed by atoms with E-state index in [0.29, 0.717) is 0 Å². The third-order valence-corrected chi connectivity index (χ3v) is 9.06. The number of carboxylic acid groups (broad SMARTS) is 6. The Morgan fingerprint density at radius 3 is 0.809 bits per heavy atom. The van der Waals surface area contributed by atoms with Crippen molar-refractivity contribution in [2.75, 3.05) is 0 Å². The van der Waals surface area contributed by atoms with Gasteiger partial charge in [0.1, 0.15) is 0 Å². The second kappa shape index (κ2) is 12.8. The van der Waals surface area contributed by atoms with Crippen molar-refractivity contribution in [1.82, 2.24) is 0 Å². The number of carbonyl (C=O) groups excluding carboxylic acids is 2. The molecule has 0 heterocycles. The fraction of sp³-hybridized carbons (Fsp3) is 0. The van der Waals surface area contributed by atoms with Crippen molar-refractivity contribution in [2.45, 2.75) is 0 Å². The van der Waals surface area contributed by atoms with Crippen LogP contribution in [-0.2, 0) is 4.74 Å². The Kier molecular flexibility index (Phi) is 9.58. The summed E-state index contributed by atoms with van der Waals surface area (Å²) in [5.41, 5.74) is -6.28. The molecule has 0 saturated carbocycles. The molecule has 0 spiro atoms. The molecule has 4 rings (SSSR count). The van der Waals surface area contributed by atoms with Gasteiger partial charge in [-0.25, -0.2) is 38.4 Å². The summed E-state index contributed by atoms with van der Waals surface area (Å²) in [6.07, 6.45) is 0. The van der Waals surface area contributed by atoms with Crippen LogP contribution in [0.15, 0.2) is 42.2 Å². The van der Waals surface area contributed by atoms with Gasteiger partial charge >= 0.3 is 47.8 Å². The van der Waals surface area contributed by atoms with Crippen molar-refractivity contribution in [1.29, 1.82) is 0 Å². The maximum absolute atomic E-state index is 13.7. The third-order valence-electron chi connectivity index (χ3n) is 6.56. The topological polar surface area (TPSA) is 267 Å². The van der Waals surface area contributed by atoms with Crippen LogP contribution in [0.2, 0.25) is 0 Å². The maximum atomic E-state index is 13.7. The lowest BCUT2D eigenvalue weighted by Gasteiger charge is -2.18. The number of esters is 2. The molecule has 0 radical (unpaired) electrons. The second-order valence-electron chi connectivity index (χ2n) is 9.13. The lowest BCUT2D eigenvalue weighted by atomic mass is 9.91. The zero-order chi connectivity index (χ0) is 35.4. The fourth-order valence-electron chi connectivity index (χ4n) is 4.82. The van der Waals surface area contributed by atoms with Gasteiger partial charge in [-0.15, -0.1) is 0 Å². The molecule has 0 atom stereocenters. The first-order chi connectivity index (χ1) is 21.8. The number of hydrogen-bond acceptors (Lipinski definition) is 9. The molecular weight excluding hydrogens is 896 g/mol. The van der Waals surface area contributed by atoms with Gasteiger partial charge in [0, 0.05) is 39.4 Å². The highest BCUT2D eigenvalue weighted by atomic mass is 79.9. The van der Waals surface area contributed by atoms with E-state index in [-0.39, 0.29) is 8.95 Å². The molecule has 6 N–H and O–H groups in total. The predicted molar refractivity (Wildman–Crippen MR) is 170 cm³/mol. The minimum absolute atomic E-state index is 0.370. The molecule has 15 nitrogen and oxygen atoms in total. The summed E-state index contributed by atoms with van der Waals surface area (Å²) in [4.78, 5) is 100. The van der Waals surface area contributed by atoms with Crippen LogP contribution in [0.1, 0.15) is 82.9 Å². The minimum Gasteiger partial charge on any atom is -0.478 e. The van der Waals surface area contributed by atoms with E-state index in [2.05, 4.69) is 63.7 Å². The lowest BCUT2D eigenvalue weighted by molar-refractivity contribution is 0.0396. The van der Waals surface area contributed by atoms with E-state index in [4.69, 9.17) is 4.74 Å². The summed E-state index contributed by atoms with van der Waals surface area (Å²) in [5.74, 6) is -13.8. The first kappa shape index (κ1) is 35.1. The molecule has 47 heavy (non-hydrogen) atoms. The largest absolute Gasteiger partial charge is 0.478 e. The Morgan fingerprint density at radius 2 is 0.596 bits per heavy atom. The first-order valence-corrected chi connectivity index (χ1v) is 15.1. The fourth-order valence-corrected chi connectivity index (χ4v) is 7.19. The van der Waals surface area contributed by atoms with E-state index in [1.807, 2.05) is 0 Å². The number of halogens is 4. The molecule has 19 heteroatoms. The Labute approximate surface area is 291 Å². The second-order valence-corrected chi connectivity index (χ2v) is 12.5. The van der Waals surface area contributed by atoms with E-state index < -0.39 is 123 Å². The molecule has 0 aromatic heterocycles. The van der Waals surface area contributed by atoms with E-state index in [9.17, 15) is 69.0 Å². The van der Waals surface area contributed by atoms with Crippen LogP contribution >= 0.6 is 63.7 Å². The van der Waals surface area contributed by atoms with Gasteiger partial charge in [-0.2, -0.15) is 0 Å². The van der Waals surface area contributed by atoms with E-state index in [1.165, 1.54) is 0 Å². The summed E-state index contributed by atoms with van der Waals surface area (Å²) >= 11 is 11.7. The van der Waals surface area contributed by atoms with Crippen LogP contribution in [0.25, 0.3) is 21.5 Å². The Hall–Kier alpha value is -4.72. The van der Waals surface area contributed by atoms with E-state index in [0.717, 1.165) is 24.3 Å². The third kappa shape index (κ3) is 5.97. The van der Waals surface area contributed by atoms with Crippen LogP contribution in [0.3, 0.4) is 0 Å². The van der Waals surface area contributed by atoms with Gasteiger partial charge in [0.2, 0.25) is 0 Å².